The van der Waals surface area contributed by atoms with Gasteiger partial charge in [-0.25, -0.2) is 0 Å². The first-order valence-electron chi connectivity index (χ1n) is 8.97. The van der Waals surface area contributed by atoms with E-state index in [4.69, 9.17) is 18.9 Å². The van der Waals surface area contributed by atoms with E-state index in [0.717, 1.165) is 32.3 Å². The molecule has 2 fully saturated rings. The van der Waals surface area contributed by atoms with Gasteiger partial charge in [-0.1, -0.05) is 25.5 Å². The molecule has 2 aliphatic heterocycles. The Kier molecular flexibility index (Phi) is 5.55. The smallest absolute Gasteiger partial charge is 0.195 e. The van der Waals surface area contributed by atoms with Crippen molar-refractivity contribution in [3.63, 3.8) is 0 Å². The molecule has 3 aliphatic rings. The van der Waals surface area contributed by atoms with Crippen LogP contribution in [0.15, 0.2) is 12.2 Å². The lowest BCUT2D eigenvalue weighted by atomic mass is 9.93. The van der Waals surface area contributed by atoms with Crippen molar-refractivity contribution >= 4 is 0 Å². The molecule has 0 radical (unpaired) electrons. The van der Waals surface area contributed by atoms with Crippen LogP contribution >= 0.6 is 0 Å². The highest BCUT2D eigenvalue weighted by Gasteiger charge is 2.55. The lowest BCUT2D eigenvalue weighted by Gasteiger charge is -2.42. The minimum atomic E-state index is -0.525. The van der Waals surface area contributed by atoms with Gasteiger partial charge in [0.15, 0.2) is 5.79 Å². The maximum Gasteiger partial charge on any atom is 0.195 e. The Labute approximate surface area is 134 Å². The molecule has 2 heterocycles. The molecule has 4 heteroatoms. The van der Waals surface area contributed by atoms with Crippen LogP contribution in [-0.2, 0) is 18.9 Å². The third-order valence-electron chi connectivity index (χ3n) is 5.08. The van der Waals surface area contributed by atoms with E-state index in [9.17, 15) is 0 Å². The molecule has 1 aliphatic carbocycles. The lowest BCUT2D eigenvalue weighted by Crippen LogP contribution is -2.53. The fourth-order valence-electron chi connectivity index (χ4n) is 3.92. The third kappa shape index (κ3) is 3.40. The maximum absolute atomic E-state index is 6.26. The average Bonchev–Trinajstić information content (AvgIpc) is 2.91. The Morgan fingerprint density at radius 2 is 2.14 bits per heavy atom. The highest BCUT2D eigenvalue weighted by Crippen LogP contribution is 2.42. The summed E-state index contributed by atoms with van der Waals surface area (Å²) >= 11 is 0. The number of hydrogen-bond acceptors (Lipinski definition) is 4. The van der Waals surface area contributed by atoms with Crippen molar-refractivity contribution in [3.8, 4) is 0 Å². The SMILES string of the molecule is CCCC12OCC(O1)C(OCC1CC=CCC1)CC2OCC. The lowest BCUT2D eigenvalue weighted by molar-refractivity contribution is -0.281. The fourth-order valence-corrected chi connectivity index (χ4v) is 3.92. The molecule has 5 unspecified atom stereocenters. The van der Waals surface area contributed by atoms with Gasteiger partial charge in [-0.2, -0.15) is 0 Å². The van der Waals surface area contributed by atoms with Crippen molar-refractivity contribution in [1.29, 1.82) is 0 Å². The van der Waals surface area contributed by atoms with Gasteiger partial charge in [0, 0.05) is 19.4 Å². The molecule has 126 valence electrons. The summed E-state index contributed by atoms with van der Waals surface area (Å²) in [5, 5.41) is 0. The second kappa shape index (κ2) is 7.43. The van der Waals surface area contributed by atoms with E-state index in [1.807, 2.05) is 6.92 Å². The standard InChI is InChI=1S/C18H30O4/c1-3-10-18-17(19-4-2)11-15(16(22-18)13-21-18)20-12-14-8-6-5-7-9-14/h5-6,14-17H,3-4,7-13H2,1-2H3. The van der Waals surface area contributed by atoms with Crippen molar-refractivity contribution in [2.75, 3.05) is 19.8 Å². The van der Waals surface area contributed by atoms with Crippen LogP contribution in [0, 0.1) is 5.92 Å². The van der Waals surface area contributed by atoms with E-state index in [1.165, 1.54) is 12.8 Å². The van der Waals surface area contributed by atoms with Gasteiger partial charge in [0.1, 0.15) is 12.2 Å². The molecule has 0 aromatic heterocycles. The van der Waals surface area contributed by atoms with Gasteiger partial charge in [0.2, 0.25) is 0 Å². The molecule has 22 heavy (non-hydrogen) atoms. The van der Waals surface area contributed by atoms with Gasteiger partial charge in [-0.05, 0) is 32.1 Å². The number of ether oxygens (including phenoxy) is 4. The quantitative estimate of drug-likeness (QED) is 0.675. The summed E-state index contributed by atoms with van der Waals surface area (Å²) in [6.45, 7) is 6.35. The maximum atomic E-state index is 6.26. The van der Waals surface area contributed by atoms with Crippen molar-refractivity contribution in [2.24, 2.45) is 5.92 Å². The second-order valence-corrected chi connectivity index (χ2v) is 6.73. The summed E-state index contributed by atoms with van der Waals surface area (Å²) in [6.07, 6.45) is 11.1. The molecule has 2 saturated heterocycles. The summed E-state index contributed by atoms with van der Waals surface area (Å²) in [5.41, 5.74) is 0. The summed E-state index contributed by atoms with van der Waals surface area (Å²) in [6, 6.07) is 0. The van der Waals surface area contributed by atoms with Crippen molar-refractivity contribution in [3.05, 3.63) is 12.2 Å². The largest absolute Gasteiger partial charge is 0.375 e. The molecular formula is C18H30O4. The highest BCUT2D eigenvalue weighted by atomic mass is 16.8. The Bertz CT molecular complexity index is 383. The van der Waals surface area contributed by atoms with Crippen LogP contribution in [0.25, 0.3) is 0 Å². The van der Waals surface area contributed by atoms with Gasteiger partial charge in [0.05, 0.1) is 19.3 Å². The highest BCUT2D eigenvalue weighted by molar-refractivity contribution is 4.97. The average molecular weight is 310 g/mol. The molecule has 0 saturated carbocycles. The molecule has 2 bridgehead atoms. The van der Waals surface area contributed by atoms with Crippen LogP contribution in [0.1, 0.15) is 52.4 Å². The third-order valence-corrected chi connectivity index (χ3v) is 5.08. The van der Waals surface area contributed by atoms with Gasteiger partial charge in [0.25, 0.3) is 0 Å². The Balaban J connectivity index is 1.58. The molecule has 0 aromatic rings. The second-order valence-electron chi connectivity index (χ2n) is 6.73. The number of hydrogen-bond donors (Lipinski definition) is 0. The van der Waals surface area contributed by atoms with Crippen LogP contribution in [0.4, 0.5) is 0 Å². The summed E-state index contributed by atoms with van der Waals surface area (Å²) in [7, 11) is 0. The van der Waals surface area contributed by atoms with Crippen molar-refractivity contribution < 1.29 is 18.9 Å². The molecule has 0 spiro atoms. The minimum Gasteiger partial charge on any atom is -0.375 e. The molecule has 0 amide bonds. The first-order valence-corrected chi connectivity index (χ1v) is 8.97. The first kappa shape index (κ1) is 16.4. The van der Waals surface area contributed by atoms with E-state index in [0.29, 0.717) is 19.1 Å². The van der Waals surface area contributed by atoms with Crippen molar-refractivity contribution in [2.45, 2.75) is 76.5 Å². The zero-order valence-corrected chi connectivity index (χ0v) is 14.0. The van der Waals surface area contributed by atoms with Crippen LogP contribution in [-0.4, -0.2) is 43.9 Å². The number of fused-ring (bicyclic) bond motifs is 2. The molecular weight excluding hydrogens is 280 g/mol. The first-order chi connectivity index (χ1) is 10.8. The van der Waals surface area contributed by atoms with Gasteiger partial charge < -0.3 is 18.9 Å². The van der Waals surface area contributed by atoms with Gasteiger partial charge in [-0.3, -0.25) is 0 Å². The Morgan fingerprint density at radius 1 is 1.23 bits per heavy atom. The van der Waals surface area contributed by atoms with E-state index in [1.54, 1.807) is 0 Å². The normalized spacial score (nSPS) is 41.0. The number of rotatable bonds is 7. The molecule has 0 aromatic carbocycles. The van der Waals surface area contributed by atoms with E-state index < -0.39 is 5.79 Å². The van der Waals surface area contributed by atoms with E-state index in [2.05, 4.69) is 19.1 Å². The van der Waals surface area contributed by atoms with Crippen LogP contribution in [0.2, 0.25) is 0 Å². The summed E-state index contributed by atoms with van der Waals surface area (Å²) in [5.74, 6) is 0.128. The molecule has 4 nitrogen and oxygen atoms in total. The minimum absolute atomic E-state index is 0.00699. The van der Waals surface area contributed by atoms with Crippen LogP contribution in [0.5, 0.6) is 0 Å². The zero-order valence-electron chi connectivity index (χ0n) is 14.0. The Hall–Kier alpha value is -0.420. The monoisotopic (exact) mass is 310 g/mol. The predicted octanol–water partition coefficient (Wildman–Crippen LogP) is 3.45. The summed E-state index contributed by atoms with van der Waals surface area (Å²) in [4.78, 5) is 0. The van der Waals surface area contributed by atoms with E-state index in [-0.39, 0.29) is 18.3 Å². The zero-order chi connectivity index (χ0) is 15.4. The van der Waals surface area contributed by atoms with E-state index >= 15 is 0 Å². The predicted molar refractivity (Wildman–Crippen MR) is 84.7 cm³/mol. The topological polar surface area (TPSA) is 36.9 Å². The molecule has 5 atom stereocenters. The van der Waals surface area contributed by atoms with Crippen LogP contribution in [0.3, 0.4) is 0 Å². The Morgan fingerprint density at radius 3 is 2.86 bits per heavy atom. The molecule has 3 rings (SSSR count). The van der Waals surface area contributed by atoms with Gasteiger partial charge in [-0.15, -0.1) is 0 Å². The number of allylic oxidation sites excluding steroid dienone is 2. The van der Waals surface area contributed by atoms with Gasteiger partial charge >= 0.3 is 0 Å². The fraction of sp³-hybridized carbons (Fsp3) is 0.889. The van der Waals surface area contributed by atoms with Crippen molar-refractivity contribution in [1.82, 2.24) is 0 Å². The summed E-state index contributed by atoms with van der Waals surface area (Å²) < 4.78 is 24.5. The van der Waals surface area contributed by atoms with Crippen LogP contribution < -0.4 is 0 Å². The molecule has 0 N–H and O–H groups in total.